The zero-order valence-corrected chi connectivity index (χ0v) is 45.9. The van der Waals surface area contributed by atoms with E-state index in [1.54, 1.807) is 0 Å². The van der Waals surface area contributed by atoms with Crippen LogP contribution in [0, 0.1) is 0 Å². The lowest BCUT2D eigenvalue weighted by atomic mass is 10.0. The standard InChI is InChI=1S/C65H106O6/c1-4-7-10-13-16-19-21-23-24-25-26-27-28-29-30-31-32-33-34-35-36-37-38-39-40-42-43-46-49-52-55-58-64(67)70-61-62(60-69-63(66)57-54-51-48-45-18-15-12-9-6-3)71-65(68)59-56-53-50-47-44-41-22-20-17-14-11-8-5-2/h7-8,10-11,16-17,19-20,23-24,26-27,29-30,32-33,41,44,50,53,62H,4-6,9,12-15,18,21-22,25,28,31,34-40,42-43,45-49,51-52,54-61H2,1-3H3/b10-7-,11-8-,19-16-,20-17-,24-23-,27-26-,30-29-,33-32-,44-41-,53-50-. The first-order valence-corrected chi connectivity index (χ1v) is 29.0. The number of carbonyl (C=O) groups is 3. The van der Waals surface area contributed by atoms with E-state index in [1.165, 1.54) is 103 Å². The minimum Gasteiger partial charge on any atom is -0.462 e. The van der Waals surface area contributed by atoms with E-state index in [2.05, 4.69) is 130 Å². The Labute approximate surface area is 437 Å². The fourth-order valence-corrected chi connectivity index (χ4v) is 7.69. The normalized spacial score (nSPS) is 13.0. The summed E-state index contributed by atoms with van der Waals surface area (Å²) >= 11 is 0. The van der Waals surface area contributed by atoms with Crippen LogP contribution in [0.5, 0.6) is 0 Å². The van der Waals surface area contributed by atoms with Crippen molar-refractivity contribution in [1.82, 2.24) is 0 Å². The maximum atomic E-state index is 12.7. The van der Waals surface area contributed by atoms with E-state index in [1.807, 2.05) is 12.2 Å². The van der Waals surface area contributed by atoms with Crippen molar-refractivity contribution in [3.63, 3.8) is 0 Å². The molecule has 0 aliphatic carbocycles. The molecule has 402 valence electrons. The number of allylic oxidation sites excluding steroid dienone is 20. The van der Waals surface area contributed by atoms with Crippen LogP contribution < -0.4 is 0 Å². The molecule has 0 radical (unpaired) electrons. The van der Waals surface area contributed by atoms with Crippen LogP contribution in [0.2, 0.25) is 0 Å². The Hall–Kier alpha value is -4.19. The third kappa shape index (κ3) is 56.6. The molecule has 0 aromatic heterocycles. The lowest BCUT2D eigenvalue weighted by Crippen LogP contribution is -2.30. The van der Waals surface area contributed by atoms with Crippen LogP contribution in [0.25, 0.3) is 0 Å². The second-order valence-electron chi connectivity index (χ2n) is 18.8. The number of rotatable bonds is 51. The highest BCUT2D eigenvalue weighted by molar-refractivity contribution is 5.71. The Bertz CT molecular complexity index is 1500. The summed E-state index contributed by atoms with van der Waals surface area (Å²) in [5, 5.41) is 0. The van der Waals surface area contributed by atoms with Crippen LogP contribution >= 0.6 is 0 Å². The van der Waals surface area contributed by atoms with E-state index in [0.29, 0.717) is 19.3 Å². The molecule has 71 heavy (non-hydrogen) atoms. The molecule has 0 N–H and O–H groups in total. The summed E-state index contributed by atoms with van der Waals surface area (Å²) in [7, 11) is 0. The third-order valence-electron chi connectivity index (χ3n) is 12.0. The van der Waals surface area contributed by atoms with E-state index in [9.17, 15) is 14.4 Å². The quantitative estimate of drug-likeness (QED) is 0.0261. The maximum Gasteiger partial charge on any atom is 0.306 e. The Kier molecular flexibility index (Phi) is 54.9. The number of esters is 3. The second kappa shape index (κ2) is 58.4. The first-order chi connectivity index (χ1) is 35.0. The Morgan fingerprint density at radius 3 is 0.915 bits per heavy atom. The molecule has 0 aromatic carbocycles. The van der Waals surface area contributed by atoms with Crippen molar-refractivity contribution >= 4 is 17.9 Å². The number of hydrogen-bond donors (Lipinski definition) is 0. The Morgan fingerprint density at radius 1 is 0.296 bits per heavy atom. The summed E-state index contributed by atoms with van der Waals surface area (Å²) in [5.41, 5.74) is 0. The minimum atomic E-state index is -0.815. The molecule has 0 spiro atoms. The van der Waals surface area contributed by atoms with Crippen LogP contribution in [0.1, 0.15) is 252 Å². The van der Waals surface area contributed by atoms with Gasteiger partial charge in [0.1, 0.15) is 13.2 Å². The molecule has 0 aliphatic heterocycles. The summed E-state index contributed by atoms with van der Waals surface area (Å²) in [5.74, 6) is -0.996. The topological polar surface area (TPSA) is 78.9 Å². The van der Waals surface area contributed by atoms with Crippen LogP contribution in [-0.4, -0.2) is 37.2 Å². The Balaban J connectivity index is 4.18. The minimum absolute atomic E-state index is 0.107. The highest BCUT2D eigenvalue weighted by Crippen LogP contribution is 2.15. The van der Waals surface area contributed by atoms with Crippen LogP contribution in [-0.2, 0) is 28.6 Å². The molecule has 6 nitrogen and oxygen atoms in total. The van der Waals surface area contributed by atoms with Gasteiger partial charge in [-0.1, -0.05) is 258 Å². The molecule has 1 unspecified atom stereocenters. The predicted octanol–water partition coefficient (Wildman–Crippen LogP) is 19.6. The van der Waals surface area contributed by atoms with Gasteiger partial charge in [0.2, 0.25) is 0 Å². The molecule has 6 heteroatoms. The number of carbonyl (C=O) groups excluding carboxylic acids is 3. The molecule has 0 aliphatic rings. The molecule has 0 saturated heterocycles. The molecule has 1 atom stereocenters. The van der Waals surface area contributed by atoms with Crippen molar-refractivity contribution in [2.75, 3.05) is 13.2 Å². The van der Waals surface area contributed by atoms with Crippen molar-refractivity contribution in [1.29, 1.82) is 0 Å². The smallest absolute Gasteiger partial charge is 0.306 e. The average molecular weight is 984 g/mol. The molecule has 0 amide bonds. The molecule has 0 aromatic rings. The third-order valence-corrected chi connectivity index (χ3v) is 12.0. The monoisotopic (exact) mass is 983 g/mol. The van der Waals surface area contributed by atoms with Gasteiger partial charge in [-0.2, -0.15) is 0 Å². The van der Waals surface area contributed by atoms with Gasteiger partial charge < -0.3 is 14.2 Å². The van der Waals surface area contributed by atoms with Crippen molar-refractivity contribution < 1.29 is 28.6 Å². The number of unbranched alkanes of at least 4 members (excludes halogenated alkanes) is 20. The lowest BCUT2D eigenvalue weighted by molar-refractivity contribution is -0.166. The van der Waals surface area contributed by atoms with Crippen molar-refractivity contribution in [2.45, 2.75) is 258 Å². The van der Waals surface area contributed by atoms with E-state index in [0.717, 1.165) is 103 Å². The molecule has 0 heterocycles. The fraction of sp³-hybridized carbons (Fsp3) is 0.646. The zero-order valence-electron chi connectivity index (χ0n) is 45.9. The van der Waals surface area contributed by atoms with Crippen molar-refractivity contribution in [3.8, 4) is 0 Å². The second-order valence-corrected chi connectivity index (χ2v) is 18.8. The Morgan fingerprint density at radius 2 is 0.577 bits per heavy atom. The molecule has 0 saturated carbocycles. The largest absolute Gasteiger partial charge is 0.462 e. The van der Waals surface area contributed by atoms with Crippen molar-refractivity contribution in [2.24, 2.45) is 0 Å². The highest BCUT2D eigenvalue weighted by atomic mass is 16.6. The summed E-state index contributed by atoms with van der Waals surface area (Å²) in [4.78, 5) is 37.9. The SMILES string of the molecule is CC/C=C\C/C=C\C/C=C\C/C=C\C/C=C\C/C=C\CCCCCCCCCCCCCCC(=O)OCC(COC(=O)CCCCCCCCCCC)OC(=O)CC/C=C\C/C=C\C/C=C\C/C=C\CC. The summed E-state index contributed by atoms with van der Waals surface area (Å²) < 4.78 is 16.7. The average Bonchev–Trinajstić information content (AvgIpc) is 3.37. The first kappa shape index (κ1) is 66.8. The van der Waals surface area contributed by atoms with Gasteiger partial charge in [0.05, 0.1) is 0 Å². The highest BCUT2D eigenvalue weighted by Gasteiger charge is 2.19. The molecule has 0 bridgehead atoms. The van der Waals surface area contributed by atoms with Gasteiger partial charge in [-0.05, 0) is 96.3 Å². The molecular weight excluding hydrogens is 877 g/mol. The van der Waals surface area contributed by atoms with Crippen LogP contribution in [0.4, 0.5) is 0 Å². The van der Waals surface area contributed by atoms with Gasteiger partial charge in [0.15, 0.2) is 6.10 Å². The van der Waals surface area contributed by atoms with E-state index >= 15 is 0 Å². The van der Waals surface area contributed by atoms with Gasteiger partial charge in [0.25, 0.3) is 0 Å². The van der Waals surface area contributed by atoms with Crippen LogP contribution in [0.15, 0.2) is 122 Å². The maximum absolute atomic E-state index is 12.7. The summed E-state index contributed by atoms with van der Waals surface area (Å²) in [6.45, 7) is 6.32. The van der Waals surface area contributed by atoms with Crippen molar-refractivity contribution in [3.05, 3.63) is 122 Å². The van der Waals surface area contributed by atoms with E-state index < -0.39 is 12.1 Å². The van der Waals surface area contributed by atoms with Gasteiger partial charge in [-0.25, -0.2) is 0 Å². The predicted molar refractivity (Wildman–Crippen MR) is 306 cm³/mol. The summed E-state index contributed by atoms with van der Waals surface area (Å²) in [6, 6.07) is 0. The molecule has 0 rings (SSSR count). The number of hydrogen-bond acceptors (Lipinski definition) is 6. The van der Waals surface area contributed by atoms with Gasteiger partial charge in [0, 0.05) is 19.3 Å². The van der Waals surface area contributed by atoms with Gasteiger partial charge >= 0.3 is 17.9 Å². The first-order valence-electron chi connectivity index (χ1n) is 29.0. The summed E-state index contributed by atoms with van der Waals surface area (Å²) in [6.07, 6.45) is 80.9. The van der Waals surface area contributed by atoms with E-state index in [-0.39, 0.29) is 31.6 Å². The van der Waals surface area contributed by atoms with Gasteiger partial charge in [-0.3, -0.25) is 14.4 Å². The zero-order chi connectivity index (χ0) is 51.4. The van der Waals surface area contributed by atoms with E-state index in [4.69, 9.17) is 14.2 Å². The molecule has 0 fully saturated rings. The fourth-order valence-electron chi connectivity index (χ4n) is 7.69. The molecular formula is C65H106O6. The van der Waals surface area contributed by atoms with Crippen LogP contribution in [0.3, 0.4) is 0 Å². The number of ether oxygens (including phenoxy) is 3. The van der Waals surface area contributed by atoms with Gasteiger partial charge in [-0.15, -0.1) is 0 Å². The lowest BCUT2D eigenvalue weighted by Gasteiger charge is -2.18.